The normalized spacial score (nSPS) is 18.0. The quantitative estimate of drug-likeness (QED) is 0.367. The van der Waals surface area contributed by atoms with Crippen molar-refractivity contribution in [3.05, 3.63) is 71.0 Å². The Balaban J connectivity index is 1.36. The zero-order chi connectivity index (χ0) is 27.9. The second kappa shape index (κ2) is 10.4. The summed E-state index contributed by atoms with van der Waals surface area (Å²) in [7, 11) is -1.75. The Labute approximate surface area is 226 Å². The molecule has 12 heteroatoms. The molecule has 206 valence electrons. The van der Waals surface area contributed by atoms with Gasteiger partial charge < -0.3 is 9.88 Å². The highest BCUT2D eigenvalue weighted by molar-refractivity contribution is 7.92. The van der Waals surface area contributed by atoms with Crippen molar-refractivity contribution in [3.63, 3.8) is 0 Å². The van der Waals surface area contributed by atoms with Gasteiger partial charge in [0.05, 0.1) is 28.5 Å². The molecule has 1 aliphatic rings. The number of halogens is 1. The summed E-state index contributed by atoms with van der Waals surface area (Å²) >= 11 is 0. The minimum atomic E-state index is -3.47. The van der Waals surface area contributed by atoms with Gasteiger partial charge in [0.2, 0.25) is 5.95 Å². The van der Waals surface area contributed by atoms with E-state index in [9.17, 15) is 17.6 Å². The summed E-state index contributed by atoms with van der Waals surface area (Å²) in [5, 5.41) is 3.15. The smallest absolute Gasteiger partial charge is 0.333 e. The molecule has 1 saturated carbocycles. The van der Waals surface area contributed by atoms with Crippen molar-refractivity contribution in [2.24, 2.45) is 7.05 Å². The van der Waals surface area contributed by atoms with Crippen molar-refractivity contribution >= 4 is 15.8 Å². The molecule has 5 rings (SSSR count). The number of rotatable bonds is 7. The van der Waals surface area contributed by atoms with Gasteiger partial charge in [0.1, 0.15) is 11.6 Å². The Bertz CT molecular complexity index is 1650. The summed E-state index contributed by atoms with van der Waals surface area (Å²) in [6.45, 7) is 5.61. The van der Waals surface area contributed by atoms with Crippen molar-refractivity contribution in [1.82, 2.24) is 28.7 Å². The van der Waals surface area contributed by atoms with E-state index in [-0.39, 0.29) is 28.6 Å². The van der Waals surface area contributed by atoms with Gasteiger partial charge in [-0.15, -0.1) is 0 Å². The Morgan fingerprint density at radius 3 is 2.36 bits per heavy atom. The van der Waals surface area contributed by atoms with Gasteiger partial charge in [0, 0.05) is 31.5 Å². The first-order valence-electron chi connectivity index (χ1n) is 13.0. The van der Waals surface area contributed by atoms with E-state index >= 15 is 0 Å². The van der Waals surface area contributed by atoms with Crippen molar-refractivity contribution < 1.29 is 12.8 Å². The summed E-state index contributed by atoms with van der Waals surface area (Å²) < 4.78 is 44.7. The van der Waals surface area contributed by atoms with E-state index in [1.807, 2.05) is 13.8 Å². The SMILES string of the molecule is Cc1ncc(S(=O)(=O)C2CCC(Nc3nccc(-c4cn(C(C)C)c(=O)n4-c4ccc(F)cc4)n3)CC2)n1C. The number of aromatic nitrogens is 6. The lowest BCUT2D eigenvalue weighted by Gasteiger charge is -2.29. The fourth-order valence-corrected chi connectivity index (χ4v) is 6.99. The van der Waals surface area contributed by atoms with Crippen molar-refractivity contribution in [3.8, 4) is 17.1 Å². The van der Waals surface area contributed by atoms with Crippen molar-refractivity contribution in [2.75, 3.05) is 5.32 Å². The molecule has 0 atom stereocenters. The number of nitrogens with zero attached hydrogens (tertiary/aromatic N) is 6. The number of nitrogens with one attached hydrogen (secondary N) is 1. The van der Waals surface area contributed by atoms with Gasteiger partial charge in [-0.2, -0.15) is 0 Å². The van der Waals surface area contributed by atoms with Crippen LogP contribution in [0.25, 0.3) is 17.1 Å². The predicted octanol–water partition coefficient (Wildman–Crippen LogP) is 4.05. The number of sulfone groups is 1. The van der Waals surface area contributed by atoms with Crippen LogP contribution in [0.15, 0.2) is 58.7 Å². The summed E-state index contributed by atoms with van der Waals surface area (Å²) in [4.78, 5) is 26.4. The maximum Gasteiger partial charge on any atom is 0.333 e. The molecule has 1 aliphatic carbocycles. The van der Waals surface area contributed by atoms with Gasteiger partial charge in [0.15, 0.2) is 14.9 Å². The minimum Gasteiger partial charge on any atom is -0.351 e. The summed E-state index contributed by atoms with van der Waals surface area (Å²) in [5.41, 5.74) is 1.39. The van der Waals surface area contributed by atoms with E-state index in [1.54, 1.807) is 53.7 Å². The Hall–Kier alpha value is -3.80. The van der Waals surface area contributed by atoms with Crippen LogP contribution in [-0.2, 0) is 16.9 Å². The molecule has 39 heavy (non-hydrogen) atoms. The number of hydrogen-bond donors (Lipinski definition) is 1. The average Bonchev–Trinajstić information content (AvgIpc) is 3.44. The van der Waals surface area contributed by atoms with Crippen LogP contribution in [0, 0.1) is 12.7 Å². The molecule has 0 bridgehead atoms. The van der Waals surface area contributed by atoms with Crippen LogP contribution in [0.3, 0.4) is 0 Å². The third-order valence-electron chi connectivity index (χ3n) is 7.39. The topological polar surface area (TPSA) is 117 Å². The molecule has 1 N–H and O–H groups in total. The fourth-order valence-electron chi connectivity index (χ4n) is 5.04. The molecular weight excluding hydrogens is 521 g/mol. The first-order valence-corrected chi connectivity index (χ1v) is 14.5. The Kier molecular flexibility index (Phi) is 7.15. The van der Waals surface area contributed by atoms with Gasteiger partial charge in [-0.1, -0.05) is 0 Å². The zero-order valence-corrected chi connectivity index (χ0v) is 23.2. The lowest BCUT2D eigenvalue weighted by molar-refractivity contribution is 0.448. The molecule has 1 fully saturated rings. The minimum absolute atomic E-state index is 0.0135. The van der Waals surface area contributed by atoms with Gasteiger partial charge in [-0.25, -0.2) is 32.6 Å². The molecule has 0 spiro atoms. The number of imidazole rings is 2. The molecule has 10 nitrogen and oxygen atoms in total. The molecule has 0 amide bonds. The standard InChI is InChI=1S/C27H32FN7O3S/c1-17(2)34-16-24(35(27(34)36)21-9-5-19(28)6-10-21)23-13-14-29-26(32-23)31-20-7-11-22(12-8-20)39(37,38)25-15-30-18(3)33(25)4/h5-6,9-10,13-17,20,22H,7-8,11-12H2,1-4H3,(H,29,31,32). The molecule has 0 radical (unpaired) electrons. The average molecular weight is 554 g/mol. The monoisotopic (exact) mass is 553 g/mol. The highest BCUT2D eigenvalue weighted by atomic mass is 32.2. The second-order valence-corrected chi connectivity index (χ2v) is 12.4. The van der Waals surface area contributed by atoms with Crippen LogP contribution in [0.1, 0.15) is 51.4 Å². The Morgan fingerprint density at radius 1 is 1.05 bits per heavy atom. The van der Waals surface area contributed by atoms with E-state index in [0.717, 1.165) is 0 Å². The Morgan fingerprint density at radius 2 is 1.74 bits per heavy atom. The lowest BCUT2D eigenvalue weighted by atomic mass is 9.95. The lowest BCUT2D eigenvalue weighted by Crippen LogP contribution is -2.34. The molecular formula is C27H32FN7O3S. The number of hydrogen-bond acceptors (Lipinski definition) is 7. The molecule has 1 aromatic carbocycles. The summed E-state index contributed by atoms with van der Waals surface area (Å²) in [6.07, 6.45) is 7.15. The van der Waals surface area contributed by atoms with Crippen LogP contribution in [0.4, 0.5) is 10.3 Å². The van der Waals surface area contributed by atoms with Gasteiger partial charge in [-0.05, 0) is 76.8 Å². The van der Waals surface area contributed by atoms with E-state index in [2.05, 4.69) is 20.3 Å². The van der Waals surface area contributed by atoms with Crippen LogP contribution in [0.5, 0.6) is 0 Å². The zero-order valence-electron chi connectivity index (χ0n) is 22.4. The van der Waals surface area contributed by atoms with E-state index in [0.29, 0.717) is 54.5 Å². The molecule has 0 aliphatic heterocycles. The first-order chi connectivity index (χ1) is 18.6. The molecule has 0 unspecified atom stereocenters. The van der Waals surface area contributed by atoms with Gasteiger partial charge >= 0.3 is 5.69 Å². The van der Waals surface area contributed by atoms with E-state index < -0.39 is 15.1 Å². The second-order valence-electron chi connectivity index (χ2n) is 10.2. The highest BCUT2D eigenvalue weighted by Crippen LogP contribution is 2.30. The van der Waals surface area contributed by atoms with Crippen LogP contribution < -0.4 is 11.0 Å². The predicted molar refractivity (Wildman–Crippen MR) is 146 cm³/mol. The molecule has 3 heterocycles. The molecule has 3 aromatic heterocycles. The van der Waals surface area contributed by atoms with Crippen molar-refractivity contribution in [2.45, 2.75) is 68.8 Å². The van der Waals surface area contributed by atoms with Crippen molar-refractivity contribution in [1.29, 1.82) is 0 Å². The fraction of sp³-hybridized carbons (Fsp3) is 0.407. The maximum absolute atomic E-state index is 13.6. The molecule has 4 aromatic rings. The summed E-state index contributed by atoms with van der Waals surface area (Å²) in [5.74, 6) is 0.675. The van der Waals surface area contributed by atoms with Gasteiger partial charge in [0.25, 0.3) is 0 Å². The van der Waals surface area contributed by atoms with E-state index in [1.165, 1.54) is 22.9 Å². The summed E-state index contributed by atoms with van der Waals surface area (Å²) in [6, 6.07) is 7.41. The largest absolute Gasteiger partial charge is 0.351 e. The van der Waals surface area contributed by atoms with Crippen LogP contribution in [0.2, 0.25) is 0 Å². The highest BCUT2D eigenvalue weighted by Gasteiger charge is 2.34. The maximum atomic E-state index is 13.6. The van der Waals surface area contributed by atoms with Crippen LogP contribution >= 0.6 is 0 Å². The third-order valence-corrected chi connectivity index (χ3v) is 9.70. The number of anilines is 1. The van der Waals surface area contributed by atoms with Crippen LogP contribution in [-0.4, -0.2) is 48.4 Å². The van der Waals surface area contributed by atoms with E-state index in [4.69, 9.17) is 0 Å². The third kappa shape index (κ3) is 5.12. The molecule has 0 saturated heterocycles. The first kappa shape index (κ1) is 26.8. The van der Waals surface area contributed by atoms with Gasteiger partial charge in [-0.3, -0.25) is 9.13 Å². The number of aryl methyl sites for hydroxylation is 1. The number of benzene rings is 1.